The summed E-state index contributed by atoms with van der Waals surface area (Å²) in [5, 5.41) is 2.36. The first-order valence-corrected chi connectivity index (χ1v) is 22.9. The fraction of sp³-hybridized carbons (Fsp3) is 0.263. The molecule has 0 aliphatic heterocycles. The SMILES string of the molecule is CC(C)Cc1cc(-c2[c-]cccc2)nc[c]1[Ge]([CH3])([CH3])[CH3].[2H]C(C)(C)c1cc(-c2[c-]ccc3c2sc2ccccc23)ncc1F.[Ir]. The van der Waals surface area contributed by atoms with Crippen molar-refractivity contribution in [3.8, 4) is 22.5 Å². The molecule has 3 aromatic carbocycles. The molecule has 0 atom stereocenters. The second kappa shape index (κ2) is 14.6. The van der Waals surface area contributed by atoms with Crippen molar-refractivity contribution < 1.29 is 25.9 Å². The van der Waals surface area contributed by atoms with Crippen LogP contribution in [0, 0.1) is 23.9 Å². The van der Waals surface area contributed by atoms with Crippen LogP contribution in [0.2, 0.25) is 17.3 Å². The van der Waals surface area contributed by atoms with E-state index in [-0.39, 0.29) is 20.1 Å². The molecule has 6 rings (SSSR count). The number of fused-ring (bicyclic) bond motifs is 3. The smallest absolute Gasteiger partial charge is 0.143 e. The van der Waals surface area contributed by atoms with Gasteiger partial charge in [-0.15, -0.1) is 23.8 Å². The van der Waals surface area contributed by atoms with E-state index in [0.29, 0.717) is 17.2 Å². The van der Waals surface area contributed by atoms with E-state index < -0.39 is 25.0 Å². The van der Waals surface area contributed by atoms with Gasteiger partial charge in [0.15, 0.2) is 0 Å². The molecule has 0 aliphatic carbocycles. The van der Waals surface area contributed by atoms with E-state index in [9.17, 15) is 4.39 Å². The molecule has 0 bridgehead atoms. The van der Waals surface area contributed by atoms with E-state index in [0.717, 1.165) is 33.3 Å². The molecule has 0 N–H and O–H groups in total. The van der Waals surface area contributed by atoms with Gasteiger partial charge in [-0.05, 0) is 33.3 Å². The number of hydrogen-bond acceptors (Lipinski definition) is 3. The molecule has 2 nitrogen and oxygen atoms in total. The number of pyridine rings is 2. The minimum absolute atomic E-state index is 0. The molecule has 3 aromatic heterocycles. The van der Waals surface area contributed by atoms with Crippen LogP contribution in [0.1, 0.15) is 46.1 Å². The van der Waals surface area contributed by atoms with Crippen LogP contribution in [0.5, 0.6) is 0 Å². The van der Waals surface area contributed by atoms with E-state index in [2.05, 4.69) is 84.8 Å². The molecule has 0 unspecified atom stereocenters. The van der Waals surface area contributed by atoms with Crippen LogP contribution < -0.4 is 4.40 Å². The zero-order valence-electron chi connectivity index (χ0n) is 27.4. The summed E-state index contributed by atoms with van der Waals surface area (Å²) in [4.78, 5) is 8.96. The van der Waals surface area contributed by atoms with Crippen LogP contribution in [0.25, 0.3) is 42.7 Å². The minimum Gasteiger partial charge on any atom is -0.302 e. The van der Waals surface area contributed by atoms with Gasteiger partial charge in [0, 0.05) is 26.2 Å². The first-order valence-electron chi connectivity index (χ1n) is 15.3. The summed E-state index contributed by atoms with van der Waals surface area (Å²) in [6, 6.07) is 30.8. The minimum atomic E-state index is -1.86. The Morgan fingerprint density at radius 1 is 0.864 bits per heavy atom. The third kappa shape index (κ3) is 7.74. The second-order valence-corrected chi connectivity index (χ2v) is 24.2. The van der Waals surface area contributed by atoms with Crippen molar-refractivity contribution in [3.05, 3.63) is 114 Å². The summed E-state index contributed by atoms with van der Waals surface area (Å²) in [6.45, 7) is 7.93. The molecule has 0 saturated carbocycles. The first-order chi connectivity index (χ1) is 20.8. The Balaban J connectivity index is 0.000000204. The van der Waals surface area contributed by atoms with Crippen LogP contribution in [0.15, 0.2) is 85.2 Å². The predicted molar refractivity (Wildman–Crippen MR) is 185 cm³/mol. The number of thiophene rings is 1. The maximum absolute atomic E-state index is 14.1. The number of benzene rings is 3. The van der Waals surface area contributed by atoms with Gasteiger partial charge in [0.25, 0.3) is 0 Å². The number of hydrogen-bond donors (Lipinski definition) is 0. The van der Waals surface area contributed by atoms with E-state index in [1.165, 1.54) is 21.8 Å². The molecule has 0 saturated heterocycles. The van der Waals surface area contributed by atoms with Gasteiger partial charge in [-0.2, -0.15) is 11.3 Å². The fourth-order valence-electron chi connectivity index (χ4n) is 5.32. The van der Waals surface area contributed by atoms with Crippen molar-refractivity contribution in [1.82, 2.24) is 9.97 Å². The Hall–Kier alpha value is -2.70. The molecule has 0 aliphatic rings. The molecular formula is C38H39FGeIrN2S-2. The summed E-state index contributed by atoms with van der Waals surface area (Å²) >= 11 is -0.169. The summed E-state index contributed by atoms with van der Waals surface area (Å²) in [7, 11) is 0. The normalized spacial score (nSPS) is 12.1. The number of nitrogens with zero attached hydrogens (tertiary/aromatic N) is 2. The van der Waals surface area contributed by atoms with Crippen molar-refractivity contribution in [3.63, 3.8) is 0 Å². The van der Waals surface area contributed by atoms with Gasteiger partial charge < -0.3 is 4.98 Å². The summed E-state index contributed by atoms with van der Waals surface area (Å²) in [5.74, 6) is 6.53. The number of aromatic nitrogens is 2. The van der Waals surface area contributed by atoms with Crippen LogP contribution in [-0.4, -0.2) is 23.2 Å². The maximum Gasteiger partial charge on any atom is 0.143 e. The molecule has 0 fully saturated rings. The average Bonchev–Trinajstić information content (AvgIpc) is 3.36. The average molecular weight is 841 g/mol. The van der Waals surface area contributed by atoms with Crippen LogP contribution in [-0.2, 0) is 26.5 Å². The van der Waals surface area contributed by atoms with Crippen LogP contribution in [0.3, 0.4) is 0 Å². The van der Waals surface area contributed by atoms with Crippen LogP contribution in [0.4, 0.5) is 4.39 Å². The van der Waals surface area contributed by atoms with E-state index in [1.54, 1.807) is 35.6 Å². The van der Waals surface area contributed by atoms with Gasteiger partial charge in [-0.3, -0.25) is 0 Å². The number of rotatable bonds is 6. The van der Waals surface area contributed by atoms with E-state index >= 15 is 0 Å². The molecule has 0 spiro atoms. The molecule has 3 heterocycles. The third-order valence-electron chi connectivity index (χ3n) is 7.40. The maximum atomic E-state index is 14.1. The Morgan fingerprint density at radius 2 is 1.59 bits per heavy atom. The van der Waals surface area contributed by atoms with Crippen molar-refractivity contribution in [2.45, 2.75) is 57.3 Å². The third-order valence-corrected chi connectivity index (χ3v) is 12.9. The molecule has 0 amide bonds. The topological polar surface area (TPSA) is 25.8 Å². The molecule has 229 valence electrons. The Morgan fingerprint density at radius 3 is 2.27 bits per heavy atom. The zero-order chi connectivity index (χ0) is 31.6. The van der Waals surface area contributed by atoms with Crippen molar-refractivity contribution in [2.24, 2.45) is 5.92 Å². The van der Waals surface area contributed by atoms with Crippen LogP contribution >= 0.6 is 11.3 Å². The molecule has 6 aromatic rings. The fourth-order valence-corrected chi connectivity index (χ4v) is 9.86. The quantitative estimate of drug-likeness (QED) is 0.123. The summed E-state index contributed by atoms with van der Waals surface area (Å²) in [6.07, 6.45) is 4.48. The van der Waals surface area contributed by atoms with Gasteiger partial charge in [-0.25, -0.2) is 4.39 Å². The van der Waals surface area contributed by atoms with Crippen molar-refractivity contribution in [1.29, 1.82) is 0 Å². The van der Waals surface area contributed by atoms with E-state index in [1.807, 2.05) is 36.4 Å². The zero-order valence-corrected chi connectivity index (χ0v) is 31.7. The Kier molecular flexibility index (Phi) is 10.8. The van der Waals surface area contributed by atoms with E-state index in [4.69, 9.17) is 6.35 Å². The van der Waals surface area contributed by atoms with Gasteiger partial charge in [-0.1, -0.05) is 43.5 Å². The first kappa shape index (κ1) is 32.7. The van der Waals surface area contributed by atoms with Gasteiger partial charge in [0.05, 0.1) is 6.20 Å². The largest absolute Gasteiger partial charge is 0.302 e. The predicted octanol–water partition coefficient (Wildman–Crippen LogP) is 10.5. The standard InChI is InChI=1S/C20H15FNS.C18H24GeN.Ir/c1-12(2)16-10-18(22-11-17(16)21)15-8-5-7-14-13-6-3-4-9-19(13)23-20(14)15;1-14(2)11-16-12-18(15-9-7-6-8-10-15)20-13-17(16)19(3,4)5;/h3-7,9-12H,1-2H3;6-9,12-14H,11H2,1-5H3;/q2*-1;/i12D;;. The van der Waals surface area contributed by atoms with Crippen molar-refractivity contribution in [2.75, 3.05) is 0 Å². The monoisotopic (exact) mass is 842 g/mol. The van der Waals surface area contributed by atoms with Gasteiger partial charge in [0.2, 0.25) is 0 Å². The summed E-state index contributed by atoms with van der Waals surface area (Å²) in [5.41, 5.74) is 5.50. The van der Waals surface area contributed by atoms with Gasteiger partial charge in [0.1, 0.15) is 5.82 Å². The van der Waals surface area contributed by atoms with Crippen molar-refractivity contribution >= 4 is 49.2 Å². The second-order valence-electron chi connectivity index (χ2n) is 12.6. The molecule has 1 radical (unpaired) electrons. The number of halogens is 1. The summed E-state index contributed by atoms with van der Waals surface area (Å²) < 4.78 is 26.1. The molecule has 44 heavy (non-hydrogen) atoms. The Bertz CT molecular complexity index is 1910. The van der Waals surface area contributed by atoms with Gasteiger partial charge >= 0.3 is 126 Å². The molecular weight excluding hydrogens is 800 g/mol. The Labute approximate surface area is 283 Å². The molecule has 6 heteroatoms.